The fourth-order valence-corrected chi connectivity index (χ4v) is 0.969. The van der Waals surface area contributed by atoms with Crippen LogP contribution in [-0.4, -0.2) is 48.9 Å². The Morgan fingerprint density at radius 2 is 1.89 bits per heavy atom. The first-order chi connectivity index (χ1) is 8.86. The van der Waals surface area contributed by atoms with E-state index in [2.05, 4.69) is 11.3 Å². The summed E-state index contributed by atoms with van der Waals surface area (Å²) in [7, 11) is 0. The summed E-state index contributed by atoms with van der Waals surface area (Å²) in [5.74, 6) is -2.44. The van der Waals surface area contributed by atoms with Crippen LogP contribution in [0.15, 0.2) is 12.2 Å². The maximum atomic E-state index is 11.3. The van der Waals surface area contributed by atoms with Crippen molar-refractivity contribution in [3.05, 3.63) is 12.2 Å². The van der Waals surface area contributed by atoms with Gasteiger partial charge in [0.15, 0.2) is 0 Å². The van der Waals surface area contributed by atoms with Gasteiger partial charge in [-0.1, -0.05) is 13.5 Å². The number of hydrogen-bond acceptors (Lipinski definition) is 6. The van der Waals surface area contributed by atoms with Gasteiger partial charge in [0, 0.05) is 5.57 Å². The van der Waals surface area contributed by atoms with Crippen LogP contribution in [0.2, 0.25) is 0 Å². The first-order valence-corrected chi connectivity index (χ1v) is 5.68. The Bertz CT molecular complexity index is 348. The third kappa shape index (κ3) is 8.78. The Kier molecular flexibility index (Phi) is 8.19. The summed E-state index contributed by atoms with van der Waals surface area (Å²) in [5.41, 5.74) is 0.256. The van der Waals surface area contributed by atoms with Crippen molar-refractivity contribution in [2.24, 2.45) is 0 Å². The van der Waals surface area contributed by atoms with Crippen LogP contribution in [-0.2, 0) is 28.6 Å². The zero-order valence-corrected chi connectivity index (χ0v) is 11.0. The van der Waals surface area contributed by atoms with Crippen molar-refractivity contribution in [1.82, 2.24) is 0 Å². The lowest BCUT2D eigenvalue weighted by Crippen LogP contribution is -2.27. The van der Waals surface area contributed by atoms with E-state index in [4.69, 9.17) is 14.6 Å². The first-order valence-electron chi connectivity index (χ1n) is 5.68. The minimum atomic E-state index is -1.17. The first kappa shape index (κ1) is 17.1. The van der Waals surface area contributed by atoms with Crippen molar-refractivity contribution < 1.29 is 33.7 Å². The lowest BCUT2D eigenvalue weighted by molar-refractivity contribution is -0.163. The molecule has 0 radical (unpaired) electrons. The molecular weight excluding hydrogens is 256 g/mol. The zero-order chi connectivity index (χ0) is 14.8. The number of aliphatic carboxylic acids is 1. The second-order valence-electron chi connectivity index (χ2n) is 3.79. The van der Waals surface area contributed by atoms with Gasteiger partial charge in [-0.15, -0.1) is 0 Å². The molecule has 0 fully saturated rings. The number of carboxylic acids is 1. The summed E-state index contributed by atoms with van der Waals surface area (Å²) in [5, 5.41) is 8.31. The number of hydrogen-bond donors (Lipinski definition) is 1. The van der Waals surface area contributed by atoms with Gasteiger partial charge in [-0.05, 0) is 13.3 Å². The van der Waals surface area contributed by atoms with Crippen LogP contribution in [0.1, 0.15) is 20.3 Å². The van der Waals surface area contributed by atoms with Gasteiger partial charge in [0.25, 0.3) is 0 Å². The number of carbonyl (C=O) groups is 3. The van der Waals surface area contributed by atoms with E-state index in [-0.39, 0.29) is 12.2 Å². The summed E-state index contributed by atoms with van der Waals surface area (Å²) < 4.78 is 14.4. The normalized spacial score (nSPS) is 11.5. The van der Waals surface area contributed by atoms with Crippen LogP contribution in [0.4, 0.5) is 0 Å². The molecule has 1 N–H and O–H groups in total. The molecule has 0 aliphatic rings. The van der Waals surface area contributed by atoms with E-state index >= 15 is 0 Å². The van der Waals surface area contributed by atoms with Crippen LogP contribution in [0, 0.1) is 0 Å². The van der Waals surface area contributed by atoms with Crippen LogP contribution < -0.4 is 0 Å². The molecule has 0 saturated carbocycles. The summed E-state index contributed by atoms with van der Waals surface area (Å²) in [6.45, 7) is 5.57. The van der Waals surface area contributed by atoms with Gasteiger partial charge in [0.05, 0.1) is 0 Å². The van der Waals surface area contributed by atoms with Crippen LogP contribution in [0.3, 0.4) is 0 Å². The monoisotopic (exact) mass is 274 g/mol. The molecule has 108 valence electrons. The van der Waals surface area contributed by atoms with Crippen molar-refractivity contribution in [3.63, 3.8) is 0 Å². The average molecular weight is 274 g/mol. The molecule has 7 nitrogen and oxygen atoms in total. The molecule has 7 heteroatoms. The highest BCUT2D eigenvalue weighted by Crippen LogP contribution is 2.02. The summed E-state index contributed by atoms with van der Waals surface area (Å²) in [4.78, 5) is 32.6. The largest absolute Gasteiger partial charge is 0.480 e. The number of rotatable bonds is 9. The molecule has 0 spiro atoms. The van der Waals surface area contributed by atoms with Gasteiger partial charge in [-0.3, -0.25) is 0 Å². The van der Waals surface area contributed by atoms with E-state index in [1.165, 1.54) is 6.92 Å². The number of carbonyl (C=O) groups excluding carboxylic acids is 2. The SMILES string of the molecule is C=C(C)C(=O)OCC(CC)OC(=O)COCC(=O)O. The molecule has 0 aliphatic heterocycles. The number of esters is 2. The molecule has 0 aromatic carbocycles. The predicted octanol–water partition coefficient (Wildman–Crippen LogP) is 0.529. The Hall–Kier alpha value is -1.89. The smallest absolute Gasteiger partial charge is 0.333 e. The van der Waals surface area contributed by atoms with Crippen molar-refractivity contribution in [1.29, 1.82) is 0 Å². The number of ether oxygens (including phenoxy) is 3. The molecule has 0 aromatic heterocycles. The van der Waals surface area contributed by atoms with Gasteiger partial charge in [-0.2, -0.15) is 0 Å². The summed E-state index contributed by atoms with van der Waals surface area (Å²) in [6.07, 6.45) is -0.141. The maximum Gasteiger partial charge on any atom is 0.333 e. The average Bonchev–Trinajstić information content (AvgIpc) is 2.33. The Labute approximate surface area is 111 Å². The van der Waals surface area contributed by atoms with Crippen molar-refractivity contribution in [2.45, 2.75) is 26.4 Å². The lowest BCUT2D eigenvalue weighted by atomic mass is 10.3. The third-order valence-corrected chi connectivity index (χ3v) is 1.95. The second-order valence-corrected chi connectivity index (χ2v) is 3.79. The Balaban J connectivity index is 3.97. The summed E-state index contributed by atoms with van der Waals surface area (Å²) in [6, 6.07) is 0. The Morgan fingerprint density at radius 1 is 1.26 bits per heavy atom. The third-order valence-electron chi connectivity index (χ3n) is 1.95. The number of carboxylic acid groups (broad SMARTS) is 1. The maximum absolute atomic E-state index is 11.3. The lowest BCUT2D eigenvalue weighted by Gasteiger charge is -2.16. The second kappa shape index (κ2) is 9.09. The minimum Gasteiger partial charge on any atom is -0.480 e. The topological polar surface area (TPSA) is 99.1 Å². The minimum absolute atomic E-state index is 0.0765. The van der Waals surface area contributed by atoms with Gasteiger partial charge in [0.1, 0.15) is 25.9 Å². The van der Waals surface area contributed by atoms with E-state index < -0.39 is 37.2 Å². The predicted molar refractivity (Wildman–Crippen MR) is 64.4 cm³/mol. The van der Waals surface area contributed by atoms with Crippen molar-refractivity contribution in [2.75, 3.05) is 19.8 Å². The van der Waals surface area contributed by atoms with E-state index in [1.54, 1.807) is 6.92 Å². The molecule has 0 bridgehead atoms. The van der Waals surface area contributed by atoms with Gasteiger partial charge in [0.2, 0.25) is 0 Å². The zero-order valence-electron chi connectivity index (χ0n) is 11.0. The highest BCUT2D eigenvalue weighted by molar-refractivity contribution is 5.86. The molecule has 0 saturated heterocycles. The van der Waals surface area contributed by atoms with Gasteiger partial charge < -0.3 is 19.3 Å². The highest BCUT2D eigenvalue weighted by atomic mass is 16.6. The van der Waals surface area contributed by atoms with E-state index in [0.29, 0.717) is 6.42 Å². The molecular formula is C12H18O7. The van der Waals surface area contributed by atoms with Crippen molar-refractivity contribution >= 4 is 17.9 Å². The van der Waals surface area contributed by atoms with E-state index in [0.717, 1.165) is 0 Å². The molecule has 0 heterocycles. The molecule has 0 aromatic rings. The molecule has 0 rings (SSSR count). The van der Waals surface area contributed by atoms with E-state index in [1.807, 2.05) is 0 Å². The molecule has 1 atom stereocenters. The fraction of sp³-hybridized carbons (Fsp3) is 0.583. The molecule has 1 unspecified atom stereocenters. The van der Waals surface area contributed by atoms with Crippen molar-refractivity contribution in [3.8, 4) is 0 Å². The highest BCUT2D eigenvalue weighted by Gasteiger charge is 2.15. The fourth-order valence-electron chi connectivity index (χ4n) is 0.969. The molecule has 0 amide bonds. The Morgan fingerprint density at radius 3 is 2.37 bits per heavy atom. The molecule has 19 heavy (non-hydrogen) atoms. The standard InChI is InChI=1S/C12H18O7/c1-4-9(5-18-12(16)8(2)3)19-11(15)7-17-6-10(13)14/h9H,2,4-7H2,1,3H3,(H,13,14). The van der Waals surface area contributed by atoms with Crippen LogP contribution >= 0.6 is 0 Å². The summed E-state index contributed by atoms with van der Waals surface area (Å²) >= 11 is 0. The van der Waals surface area contributed by atoms with Gasteiger partial charge >= 0.3 is 17.9 Å². The van der Waals surface area contributed by atoms with Crippen LogP contribution in [0.25, 0.3) is 0 Å². The van der Waals surface area contributed by atoms with Gasteiger partial charge in [-0.25, -0.2) is 14.4 Å². The van der Waals surface area contributed by atoms with Crippen LogP contribution in [0.5, 0.6) is 0 Å². The quantitative estimate of drug-likeness (QED) is 0.483. The van der Waals surface area contributed by atoms with E-state index in [9.17, 15) is 14.4 Å². The molecule has 0 aliphatic carbocycles.